The Bertz CT molecular complexity index is 440. The second-order valence-corrected chi connectivity index (χ2v) is 5.21. The van der Waals surface area contributed by atoms with E-state index in [0.717, 1.165) is 13.1 Å². The number of rotatable bonds is 3. The van der Waals surface area contributed by atoms with Crippen molar-refractivity contribution in [2.75, 3.05) is 19.6 Å². The minimum Gasteiger partial charge on any atom is -0.327 e. The molecule has 0 atom stereocenters. The molecule has 0 aromatic heterocycles. The fourth-order valence-electron chi connectivity index (χ4n) is 2.46. The first-order chi connectivity index (χ1) is 9.75. The molecule has 0 spiro atoms. The van der Waals surface area contributed by atoms with Gasteiger partial charge < -0.3 is 4.90 Å². The highest BCUT2D eigenvalue weighted by atomic mass is 16.2. The maximum absolute atomic E-state index is 11.8. The molecule has 2 amide bonds. The minimum atomic E-state index is -0.287. The van der Waals surface area contributed by atoms with Gasteiger partial charge in [-0.25, -0.2) is 0 Å². The Kier molecular flexibility index (Phi) is 5.55. The number of hydrogen-bond donors (Lipinski definition) is 3. The van der Waals surface area contributed by atoms with Crippen molar-refractivity contribution in [3.05, 3.63) is 35.9 Å². The van der Waals surface area contributed by atoms with Gasteiger partial charge in [0.1, 0.15) is 0 Å². The summed E-state index contributed by atoms with van der Waals surface area (Å²) in [6.45, 7) is 2.51. The maximum Gasteiger partial charge on any atom is 0.293 e. The van der Waals surface area contributed by atoms with Gasteiger partial charge in [-0.05, 0) is 37.8 Å². The van der Waals surface area contributed by atoms with Gasteiger partial charge in [0.05, 0.1) is 13.1 Å². The lowest BCUT2D eigenvalue weighted by atomic mass is 10.2. The molecular formula is C15H22N3O2+. The van der Waals surface area contributed by atoms with Crippen molar-refractivity contribution in [2.45, 2.75) is 25.7 Å². The molecule has 1 aromatic carbocycles. The van der Waals surface area contributed by atoms with Gasteiger partial charge in [0, 0.05) is 5.56 Å². The molecule has 5 nitrogen and oxygen atoms in total. The van der Waals surface area contributed by atoms with E-state index in [1.165, 1.54) is 30.6 Å². The summed E-state index contributed by atoms with van der Waals surface area (Å²) >= 11 is 0. The van der Waals surface area contributed by atoms with Crippen LogP contribution in [0.2, 0.25) is 0 Å². The number of quaternary nitrogens is 1. The number of carbonyl (C=O) groups excluding carboxylic acids is 2. The smallest absolute Gasteiger partial charge is 0.293 e. The second-order valence-electron chi connectivity index (χ2n) is 5.21. The van der Waals surface area contributed by atoms with E-state index in [-0.39, 0.29) is 11.8 Å². The Morgan fingerprint density at radius 1 is 0.950 bits per heavy atom. The van der Waals surface area contributed by atoms with Gasteiger partial charge in [-0.3, -0.25) is 20.4 Å². The van der Waals surface area contributed by atoms with E-state index < -0.39 is 0 Å². The summed E-state index contributed by atoms with van der Waals surface area (Å²) in [5, 5.41) is 0. The van der Waals surface area contributed by atoms with Crippen LogP contribution >= 0.6 is 0 Å². The molecule has 108 valence electrons. The second kappa shape index (κ2) is 7.65. The van der Waals surface area contributed by atoms with Gasteiger partial charge in [0.25, 0.3) is 11.8 Å². The molecule has 1 aliphatic heterocycles. The van der Waals surface area contributed by atoms with Crippen molar-refractivity contribution >= 4 is 11.8 Å². The van der Waals surface area contributed by atoms with Crippen molar-refractivity contribution in [3.8, 4) is 0 Å². The summed E-state index contributed by atoms with van der Waals surface area (Å²) in [6.07, 6.45) is 4.88. The predicted molar refractivity (Wildman–Crippen MR) is 76.1 cm³/mol. The van der Waals surface area contributed by atoms with Crippen LogP contribution in [0, 0.1) is 0 Å². The third-order valence-electron chi connectivity index (χ3n) is 3.57. The number of amides is 2. The van der Waals surface area contributed by atoms with Gasteiger partial charge in [-0.15, -0.1) is 0 Å². The summed E-state index contributed by atoms with van der Waals surface area (Å²) in [5.41, 5.74) is 5.48. The summed E-state index contributed by atoms with van der Waals surface area (Å²) in [4.78, 5) is 24.9. The fourth-order valence-corrected chi connectivity index (χ4v) is 2.46. The Morgan fingerprint density at radius 3 is 2.25 bits per heavy atom. The number of likely N-dealkylation sites (tertiary alicyclic amines) is 1. The zero-order chi connectivity index (χ0) is 14.2. The van der Waals surface area contributed by atoms with Crippen LogP contribution < -0.4 is 15.8 Å². The van der Waals surface area contributed by atoms with Crippen LogP contribution in [-0.2, 0) is 4.79 Å². The highest BCUT2D eigenvalue weighted by molar-refractivity contribution is 5.95. The van der Waals surface area contributed by atoms with Crippen molar-refractivity contribution in [2.24, 2.45) is 0 Å². The molecule has 1 saturated heterocycles. The van der Waals surface area contributed by atoms with Crippen molar-refractivity contribution in [3.63, 3.8) is 0 Å². The number of nitrogens with one attached hydrogen (secondary N) is 3. The molecule has 1 aliphatic rings. The molecule has 0 unspecified atom stereocenters. The van der Waals surface area contributed by atoms with Crippen LogP contribution in [0.1, 0.15) is 36.0 Å². The van der Waals surface area contributed by atoms with Gasteiger partial charge >= 0.3 is 0 Å². The first kappa shape index (κ1) is 14.5. The lowest BCUT2D eigenvalue weighted by molar-refractivity contribution is -0.891. The summed E-state index contributed by atoms with van der Waals surface area (Å²) < 4.78 is 0. The first-order valence-electron chi connectivity index (χ1n) is 7.23. The van der Waals surface area contributed by atoms with E-state index in [2.05, 4.69) is 10.9 Å². The topological polar surface area (TPSA) is 62.6 Å². The Labute approximate surface area is 119 Å². The van der Waals surface area contributed by atoms with Crippen molar-refractivity contribution < 1.29 is 14.5 Å². The van der Waals surface area contributed by atoms with E-state index in [1.54, 1.807) is 24.3 Å². The zero-order valence-electron chi connectivity index (χ0n) is 11.7. The van der Waals surface area contributed by atoms with Gasteiger partial charge in [0.2, 0.25) is 0 Å². The van der Waals surface area contributed by atoms with E-state index in [4.69, 9.17) is 0 Å². The number of hydrazine groups is 1. The van der Waals surface area contributed by atoms with Crippen LogP contribution in [-0.4, -0.2) is 31.4 Å². The molecule has 1 fully saturated rings. The largest absolute Gasteiger partial charge is 0.327 e. The van der Waals surface area contributed by atoms with Crippen LogP contribution in [0.5, 0.6) is 0 Å². The van der Waals surface area contributed by atoms with Crippen molar-refractivity contribution in [1.82, 2.24) is 10.9 Å². The molecular weight excluding hydrogens is 254 g/mol. The monoisotopic (exact) mass is 276 g/mol. The average molecular weight is 276 g/mol. The highest BCUT2D eigenvalue weighted by Gasteiger charge is 2.16. The van der Waals surface area contributed by atoms with E-state index >= 15 is 0 Å². The summed E-state index contributed by atoms with van der Waals surface area (Å²) in [5.74, 6) is -0.420. The average Bonchev–Trinajstić information content (AvgIpc) is 2.74. The van der Waals surface area contributed by atoms with E-state index in [0.29, 0.717) is 12.1 Å². The van der Waals surface area contributed by atoms with Gasteiger partial charge in [-0.1, -0.05) is 18.2 Å². The number of benzene rings is 1. The normalized spacial score (nSPS) is 16.2. The van der Waals surface area contributed by atoms with Crippen LogP contribution in [0.4, 0.5) is 0 Å². The van der Waals surface area contributed by atoms with Crippen LogP contribution in [0.15, 0.2) is 30.3 Å². The zero-order valence-corrected chi connectivity index (χ0v) is 11.7. The molecule has 1 heterocycles. The van der Waals surface area contributed by atoms with Gasteiger partial charge in [-0.2, -0.15) is 0 Å². The fraction of sp³-hybridized carbons (Fsp3) is 0.467. The quantitative estimate of drug-likeness (QED) is 0.676. The molecule has 1 aromatic rings. The standard InChI is InChI=1S/C15H21N3O2/c19-14(12-18-10-6-1-2-7-11-18)16-17-15(20)13-8-4-3-5-9-13/h3-5,8-9H,1-2,6-7,10-12H2,(H,16,19)(H,17,20)/p+1. The molecule has 2 rings (SSSR count). The van der Waals surface area contributed by atoms with Crippen LogP contribution in [0.25, 0.3) is 0 Å². The third-order valence-corrected chi connectivity index (χ3v) is 3.57. The van der Waals surface area contributed by atoms with Crippen LogP contribution in [0.3, 0.4) is 0 Å². The molecule has 20 heavy (non-hydrogen) atoms. The lowest BCUT2D eigenvalue weighted by Crippen LogP contribution is -3.13. The molecule has 0 bridgehead atoms. The third kappa shape index (κ3) is 4.66. The Balaban J connectivity index is 1.73. The molecule has 0 aliphatic carbocycles. The highest BCUT2D eigenvalue weighted by Crippen LogP contribution is 1.99. The SMILES string of the molecule is O=C(C[NH+]1CCCCCC1)NNC(=O)c1ccccc1. The first-order valence-corrected chi connectivity index (χ1v) is 7.23. The predicted octanol–water partition coefficient (Wildman–Crippen LogP) is -0.0935. The molecule has 3 N–H and O–H groups in total. The molecule has 0 radical (unpaired) electrons. The maximum atomic E-state index is 11.8. The van der Waals surface area contributed by atoms with Gasteiger partial charge in [0.15, 0.2) is 6.54 Å². The van der Waals surface area contributed by atoms with Crippen molar-refractivity contribution in [1.29, 1.82) is 0 Å². The number of hydrogen-bond acceptors (Lipinski definition) is 2. The summed E-state index contributed by atoms with van der Waals surface area (Å²) in [6, 6.07) is 8.84. The number of carbonyl (C=O) groups is 2. The Morgan fingerprint density at radius 2 is 1.60 bits per heavy atom. The molecule has 5 heteroatoms. The van der Waals surface area contributed by atoms with E-state index in [9.17, 15) is 9.59 Å². The minimum absolute atomic E-state index is 0.133. The lowest BCUT2D eigenvalue weighted by Gasteiger charge is -2.16. The molecule has 0 saturated carbocycles. The Hall–Kier alpha value is -1.88. The van der Waals surface area contributed by atoms with E-state index in [1.807, 2.05) is 6.07 Å². The summed E-state index contributed by atoms with van der Waals surface area (Å²) in [7, 11) is 0.